The zero-order valence-corrected chi connectivity index (χ0v) is 18.7. The van der Waals surface area contributed by atoms with Crippen molar-refractivity contribution in [3.63, 3.8) is 0 Å². The van der Waals surface area contributed by atoms with Crippen molar-refractivity contribution in [2.75, 3.05) is 12.4 Å². The number of nitro groups is 1. The SMILES string of the molecule is O=[N+]([O-])c1ccc(N=Nc2ccc(OCCCCCCCCCCS(=O)(=O)O)cc2)cc1. The normalized spacial score (nSPS) is 11.7. The van der Waals surface area contributed by atoms with Gasteiger partial charge in [-0.2, -0.15) is 18.6 Å². The van der Waals surface area contributed by atoms with Crippen LogP contribution in [0, 0.1) is 10.1 Å². The smallest absolute Gasteiger partial charge is 0.269 e. The summed E-state index contributed by atoms with van der Waals surface area (Å²) >= 11 is 0. The molecule has 32 heavy (non-hydrogen) atoms. The van der Waals surface area contributed by atoms with Gasteiger partial charge in [0.2, 0.25) is 0 Å². The van der Waals surface area contributed by atoms with Gasteiger partial charge in [0.15, 0.2) is 0 Å². The predicted molar refractivity (Wildman–Crippen MR) is 123 cm³/mol. The lowest BCUT2D eigenvalue weighted by Gasteiger charge is -2.06. The van der Waals surface area contributed by atoms with E-state index >= 15 is 0 Å². The topological polar surface area (TPSA) is 131 Å². The Hall–Kier alpha value is -2.85. The maximum absolute atomic E-state index is 10.7. The lowest BCUT2D eigenvalue weighted by Crippen LogP contribution is -2.03. The van der Waals surface area contributed by atoms with Gasteiger partial charge in [-0.05, 0) is 49.2 Å². The molecule has 0 atom stereocenters. The molecule has 0 aliphatic carbocycles. The zero-order valence-electron chi connectivity index (χ0n) is 17.9. The van der Waals surface area contributed by atoms with E-state index in [-0.39, 0.29) is 11.4 Å². The highest BCUT2D eigenvalue weighted by Crippen LogP contribution is 2.23. The summed E-state index contributed by atoms with van der Waals surface area (Å²) in [5.41, 5.74) is 1.21. The van der Waals surface area contributed by atoms with Crippen molar-refractivity contribution in [3.05, 3.63) is 58.6 Å². The summed E-state index contributed by atoms with van der Waals surface area (Å²) in [6, 6.07) is 13.1. The molecule has 0 fully saturated rings. The van der Waals surface area contributed by atoms with Gasteiger partial charge in [-0.3, -0.25) is 14.7 Å². The molecule has 1 N–H and O–H groups in total. The highest BCUT2D eigenvalue weighted by Gasteiger charge is 2.04. The van der Waals surface area contributed by atoms with Crippen molar-refractivity contribution >= 4 is 27.2 Å². The number of hydrogen-bond acceptors (Lipinski definition) is 7. The molecule has 10 heteroatoms. The quantitative estimate of drug-likeness (QED) is 0.107. The molecule has 2 aromatic carbocycles. The standard InChI is InChI=1S/C22H29N3O6S/c26-25(27)21-13-9-19(10-14-21)23-24-20-11-15-22(16-12-20)31-17-7-5-3-1-2-4-6-8-18-32(28,29)30/h9-16H,1-8,17-18H2,(H,28,29,30). The molecular formula is C22H29N3O6S. The molecule has 0 unspecified atom stereocenters. The summed E-state index contributed by atoms with van der Waals surface area (Å²) in [5, 5.41) is 18.8. The summed E-state index contributed by atoms with van der Waals surface area (Å²) < 4.78 is 35.6. The van der Waals surface area contributed by atoms with E-state index in [9.17, 15) is 18.5 Å². The Kier molecular flexibility index (Phi) is 10.8. The molecule has 2 aromatic rings. The van der Waals surface area contributed by atoms with E-state index in [4.69, 9.17) is 9.29 Å². The molecule has 174 valence electrons. The number of nitrogens with zero attached hydrogens (tertiary/aromatic N) is 3. The van der Waals surface area contributed by atoms with Crippen LogP contribution >= 0.6 is 0 Å². The fourth-order valence-electron chi connectivity index (χ4n) is 3.00. The van der Waals surface area contributed by atoms with Gasteiger partial charge >= 0.3 is 0 Å². The molecule has 0 saturated heterocycles. The number of nitro benzene ring substituents is 1. The molecule has 2 rings (SSSR count). The minimum atomic E-state index is -3.82. The summed E-state index contributed by atoms with van der Waals surface area (Å²) in [5.74, 6) is 0.617. The Labute approximate surface area is 188 Å². The Bertz CT molecular complexity index is 960. The van der Waals surface area contributed by atoms with Crippen LogP contribution in [0.15, 0.2) is 58.8 Å². The van der Waals surface area contributed by atoms with Crippen LogP contribution in [0.3, 0.4) is 0 Å². The highest BCUT2D eigenvalue weighted by molar-refractivity contribution is 7.85. The van der Waals surface area contributed by atoms with E-state index in [0.717, 1.165) is 50.7 Å². The molecule has 0 aliphatic heterocycles. The zero-order chi connectivity index (χ0) is 23.2. The van der Waals surface area contributed by atoms with E-state index in [2.05, 4.69) is 10.2 Å². The largest absolute Gasteiger partial charge is 0.494 e. The maximum Gasteiger partial charge on any atom is 0.269 e. The molecule has 0 bridgehead atoms. The van der Waals surface area contributed by atoms with E-state index in [1.54, 1.807) is 24.3 Å². The summed E-state index contributed by atoms with van der Waals surface area (Å²) in [6.07, 6.45) is 7.67. The number of rotatable bonds is 15. The first-order chi connectivity index (χ1) is 15.3. The maximum atomic E-state index is 10.7. The van der Waals surface area contributed by atoms with Crippen molar-refractivity contribution in [2.45, 2.75) is 51.4 Å². The summed E-state index contributed by atoms with van der Waals surface area (Å²) in [7, 11) is -3.82. The number of non-ortho nitro benzene ring substituents is 1. The van der Waals surface area contributed by atoms with Crippen LogP contribution < -0.4 is 4.74 Å². The van der Waals surface area contributed by atoms with Gasteiger partial charge in [0.25, 0.3) is 15.8 Å². The molecule has 0 aliphatic rings. The second-order valence-electron chi connectivity index (χ2n) is 7.43. The van der Waals surface area contributed by atoms with Gasteiger partial charge in [-0.15, -0.1) is 0 Å². The highest BCUT2D eigenvalue weighted by atomic mass is 32.2. The first-order valence-electron chi connectivity index (χ1n) is 10.7. The van der Waals surface area contributed by atoms with E-state index in [1.165, 1.54) is 12.1 Å². The second-order valence-corrected chi connectivity index (χ2v) is 9.00. The minimum Gasteiger partial charge on any atom is -0.494 e. The number of benzene rings is 2. The molecular weight excluding hydrogens is 434 g/mol. The van der Waals surface area contributed by atoms with Gasteiger partial charge in [-0.25, -0.2) is 0 Å². The number of azo groups is 1. The fourth-order valence-corrected chi connectivity index (χ4v) is 3.57. The fraction of sp³-hybridized carbons (Fsp3) is 0.455. The van der Waals surface area contributed by atoms with Gasteiger partial charge in [0.05, 0.1) is 28.7 Å². The number of unbranched alkanes of at least 4 members (excludes halogenated alkanes) is 7. The Morgan fingerprint density at radius 2 is 1.25 bits per heavy atom. The Balaban J connectivity index is 1.56. The van der Waals surface area contributed by atoms with Crippen LogP contribution in [0.25, 0.3) is 0 Å². The Morgan fingerprint density at radius 3 is 1.75 bits per heavy atom. The summed E-state index contributed by atoms with van der Waals surface area (Å²) in [6.45, 7) is 0.637. The van der Waals surface area contributed by atoms with E-state index in [1.807, 2.05) is 12.1 Å². The van der Waals surface area contributed by atoms with Crippen LogP contribution in [0.5, 0.6) is 5.75 Å². The van der Waals surface area contributed by atoms with Gasteiger partial charge in [-0.1, -0.05) is 38.5 Å². The first-order valence-corrected chi connectivity index (χ1v) is 12.3. The van der Waals surface area contributed by atoms with Gasteiger partial charge in [0.1, 0.15) is 5.75 Å². The van der Waals surface area contributed by atoms with Gasteiger partial charge < -0.3 is 4.74 Å². The molecule has 0 heterocycles. The molecule has 0 spiro atoms. The monoisotopic (exact) mass is 463 g/mol. The number of hydrogen-bond donors (Lipinski definition) is 1. The van der Waals surface area contributed by atoms with Crippen molar-refractivity contribution in [3.8, 4) is 5.75 Å². The van der Waals surface area contributed by atoms with Crippen LogP contribution in [-0.2, 0) is 10.1 Å². The van der Waals surface area contributed by atoms with Gasteiger partial charge in [0, 0.05) is 12.1 Å². The average Bonchev–Trinajstić information content (AvgIpc) is 2.76. The Morgan fingerprint density at radius 1 is 0.781 bits per heavy atom. The van der Waals surface area contributed by atoms with Crippen molar-refractivity contribution in [1.29, 1.82) is 0 Å². The molecule has 0 amide bonds. The predicted octanol–water partition coefficient (Wildman–Crippen LogP) is 6.40. The molecule has 0 saturated carbocycles. The molecule has 9 nitrogen and oxygen atoms in total. The summed E-state index contributed by atoms with van der Waals surface area (Å²) in [4.78, 5) is 10.2. The van der Waals surface area contributed by atoms with Crippen LogP contribution in [-0.4, -0.2) is 30.3 Å². The molecule has 0 aromatic heterocycles. The third-order valence-electron chi connectivity index (χ3n) is 4.74. The van der Waals surface area contributed by atoms with Crippen LogP contribution in [0.4, 0.5) is 17.1 Å². The first kappa shape index (κ1) is 25.4. The van der Waals surface area contributed by atoms with E-state index in [0.29, 0.717) is 24.4 Å². The lowest BCUT2D eigenvalue weighted by molar-refractivity contribution is -0.384. The lowest BCUT2D eigenvalue weighted by atomic mass is 10.1. The van der Waals surface area contributed by atoms with Crippen molar-refractivity contribution in [1.82, 2.24) is 0 Å². The van der Waals surface area contributed by atoms with E-state index < -0.39 is 15.0 Å². The van der Waals surface area contributed by atoms with Crippen molar-refractivity contribution in [2.24, 2.45) is 10.2 Å². The van der Waals surface area contributed by atoms with Crippen LogP contribution in [0.2, 0.25) is 0 Å². The second kappa shape index (κ2) is 13.5. The van der Waals surface area contributed by atoms with Crippen LogP contribution in [0.1, 0.15) is 51.4 Å². The number of ether oxygens (including phenoxy) is 1. The third kappa shape index (κ3) is 11.0. The third-order valence-corrected chi connectivity index (χ3v) is 5.55. The minimum absolute atomic E-state index is 0.0132. The molecule has 0 radical (unpaired) electrons. The average molecular weight is 464 g/mol. The van der Waals surface area contributed by atoms with Crippen molar-refractivity contribution < 1.29 is 22.6 Å².